The number of thiazole rings is 1. The quantitative estimate of drug-likeness (QED) is 0.632. The van der Waals surface area contributed by atoms with Gasteiger partial charge in [-0.2, -0.15) is 4.98 Å². The molecule has 1 aromatic carbocycles. The van der Waals surface area contributed by atoms with Crippen LogP contribution >= 0.6 is 23.1 Å². The molecule has 0 bridgehead atoms. The molecule has 2 aromatic heterocycles. The summed E-state index contributed by atoms with van der Waals surface area (Å²) >= 11 is 2.37. The molecule has 2 heterocycles. The molecule has 1 amide bonds. The highest BCUT2D eigenvalue weighted by molar-refractivity contribution is 7.99. The minimum atomic E-state index is -0.332. The Balaban J connectivity index is 1.63. The molecule has 10 heteroatoms. The molecule has 0 fully saturated rings. The number of nitrogens with zero attached hydrogens (tertiary/aromatic N) is 3. The van der Waals surface area contributed by atoms with E-state index in [0.29, 0.717) is 20.5 Å². The van der Waals surface area contributed by atoms with Gasteiger partial charge in [0, 0.05) is 0 Å². The van der Waals surface area contributed by atoms with Crippen molar-refractivity contribution in [3.8, 4) is 0 Å². The zero-order valence-electron chi connectivity index (χ0n) is 10.5. The van der Waals surface area contributed by atoms with E-state index in [2.05, 4.69) is 25.5 Å². The minimum Gasteiger partial charge on any atom is -0.368 e. The van der Waals surface area contributed by atoms with Crippen LogP contribution in [0.1, 0.15) is 0 Å². The summed E-state index contributed by atoms with van der Waals surface area (Å²) in [6.45, 7) is 0. The number of H-pyrrole nitrogens is 1. The lowest BCUT2D eigenvalue weighted by Crippen LogP contribution is -2.13. The van der Waals surface area contributed by atoms with Crippen molar-refractivity contribution in [2.45, 2.75) is 5.16 Å². The number of nitrogens with two attached hydrogens (primary N) is 1. The van der Waals surface area contributed by atoms with E-state index >= 15 is 0 Å². The predicted molar refractivity (Wildman–Crippen MR) is 79.7 cm³/mol. The average Bonchev–Trinajstić information content (AvgIpc) is 3.01. The zero-order valence-corrected chi connectivity index (χ0v) is 12.1. The Morgan fingerprint density at radius 2 is 2.33 bits per heavy atom. The van der Waals surface area contributed by atoms with Crippen molar-refractivity contribution in [1.29, 1.82) is 0 Å². The number of anilines is 2. The van der Waals surface area contributed by atoms with Gasteiger partial charge in [0.25, 0.3) is 0 Å². The van der Waals surface area contributed by atoms with Crippen molar-refractivity contribution in [3.63, 3.8) is 0 Å². The van der Waals surface area contributed by atoms with Crippen molar-refractivity contribution in [1.82, 2.24) is 20.2 Å². The lowest BCUT2D eigenvalue weighted by atomic mass is 10.3. The Hall–Kier alpha value is -2.20. The lowest BCUT2D eigenvalue weighted by Gasteiger charge is -1.98. The number of aromatic nitrogens is 4. The number of carbonyl (C=O) groups excluding carboxylic acids is 1. The standard InChI is InChI=1S/C11H9FN6OS2/c12-5-1-2-6-7(3-5)21-10(14-6)15-8(19)4-20-11-16-9(13)17-18-11/h1-3H,4H2,(H,14,15,19)(H3,13,16,17,18). The maximum absolute atomic E-state index is 13.1. The number of rotatable bonds is 4. The summed E-state index contributed by atoms with van der Waals surface area (Å²) in [5, 5.41) is 9.77. The van der Waals surface area contributed by atoms with E-state index in [1.165, 1.54) is 23.5 Å². The first kappa shape index (κ1) is 13.8. The van der Waals surface area contributed by atoms with Gasteiger partial charge in [0.1, 0.15) is 5.82 Å². The fraction of sp³-hybridized carbons (Fsp3) is 0.0909. The molecular weight excluding hydrogens is 315 g/mol. The number of benzene rings is 1. The third-order valence-electron chi connectivity index (χ3n) is 2.41. The van der Waals surface area contributed by atoms with Crippen LogP contribution in [0.2, 0.25) is 0 Å². The number of hydrogen-bond acceptors (Lipinski definition) is 7. The highest BCUT2D eigenvalue weighted by Crippen LogP contribution is 2.26. The maximum Gasteiger partial charge on any atom is 0.236 e. The van der Waals surface area contributed by atoms with Gasteiger partial charge in [-0.05, 0) is 18.2 Å². The number of carbonyl (C=O) groups is 1. The summed E-state index contributed by atoms with van der Waals surface area (Å²) in [7, 11) is 0. The first-order valence-corrected chi connectivity index (χ1v) is 7.57. The van der Waals surface area contributed by atoms with E-state index in [1.807, 2.05) is 0 Å². The van der Waals surface area contributed by atoms with Crippen molar-refractivity contribution in [2.75, 3.05) is 16.8 Å². The molecule has 3 rings (SSSR count). The van der Waals surface area contributed by atoms with Gasteiger partial charge in [-0.25, -0.2) is 14.5 Å². The molecule has 0 aliphatic rings. The topological polar surface area (TPSA) is 110 Å². The van der Waals surface area contributed by atoms with Crippen LogP contribution in [0, 0.1) is 5.82 Å². The molecule has 0 atom stereocenters. The highest BCUT2D eigenvalue weighted by Gasteiger charge is 2.10. The Kier molecular flexibility index (Phi) is 3.71. The summed E-state index contributed by atoms with van der Waals surface area (Å²) in [6, 6.07) is 4.28. The lowest BCUT2D eigenvalue weighted by molar-refractivity contribution is -0.113. The molecule has 0 radical (unpaired) electrons. The van der Waals surface area contributed by atoms with Gasteiger partial charge in [-0.1, -0.05) is 23.1 Å². The number of aromatic amines is 1. The molecule has 0 spiro atoms. The van der Waals surface area contributed by atoms with Gasteiger partial charge < -0.3 is 11.1 Å². The molecule has 0 aliphatic heterocycles. The number of amides is 1. The molecule has 4 N–H and O–H groups in total. The molecule has 3 aromatic rings. The number of thioether (sulfide) groups is 1. The van der Waals surface area contributed by atoms with E-state index in [1.54, 1.807) is 6.07 Å². The van der Waals surface area contributed by atoms with E-state index in [-0.39, 0.29) is 23.4 Å². The average molecular weight is 324 g/mol. The highest BCUT2D eigenvalue weighted by atomic mass is 32.2. The summed E-state index contributed by atoms with van der Waals surface area (Å²) in [5.41, 5.74) is 6.03. The number of nitrogens with one attached hydrogen (secondary N) is 2. The van der Waals surface area contributed by atoms with Crippen LogP contribution in [-0.2, 0) is 4.79 Å². The fourth-order valence-electron chi connectivity index (χ4n) is 1.56. The predicted octanol–water partition coefficient (Wildman–Crippen LogP) is 1.87. The number of fused-ring (bicyclic) bond motifs is 1. The van der Waals surface area contributed by atoms with Crippen molar-refractivity contribution in [3.05, 3.63) is 24.0 Å². The summed E-state index contributed by atoms with van der Waals surface area (Å²) < 4.78 is 13.8. The van der Waals surface area contributed by atoms with E-state index < -0.39 is 0 Å². The van der Waals surface area contributed by atoms with Gasteiger partial charge in [-0.15, -0.1) is 5.10 Å². The molecule has 0 saturated carbocycles. The number of nitrogen functional groups attached to an aromatic ring is 1. The monoisotopic (exact) mass is 324 g/mol. The SMILES string of the molecule is Nc1nc(SCC(=O)Nc2nc3ccc(F)cc3s2)n[nH]1. The maximum atomic E-state index is 13.1. The van der Waals surface area contributed by atoms with Crippen LogP contribution in [-0.4, -0.2) is 31.8 Å². The van der Waals surface area contributed by atoms with Crippen LogP contribution in [0.25, 0.3) is 10.2 Å². The fourth-order valence-corrected chi connectivity index (χ4v) is 3.07. The van der Waals surface area contributed by atoms with Crippen LogP contribution in [0.15, 0.2) is 23.4 Å². The van der Waals surface area contributed by atoms with Crippen LogP contribution < -0.4 is 11.1 Å². The molecular formula is C11H9FN6OS2. The summed E-state index contributed by atoms with van der Waals surface area (Å²) in [6.07, 6.45) is 0. The van der Waals surface area contributed by atoms with Gasteiger partial charge in [0.05, 0.1) is 16.0 Å². The second kappa shape index (κ2) is 5.66. The number of hydrogen-bond donors (Lipinski definition) is 3. The second-order valence-corrected chi connectivity index (χ2v) is 5.94. The van der Waals surface area contributed by atoms with Crippen LogP contribution in [0.3, 0.4) is 0 Å². The first-order chi connectivity index (χ1) is 10.1. The van der Waals surface area contributed by atoms with Crippen molar-refractivity contribution in [2.24, 2.45) is 0 Å². The first-order valence-electron chi connectivity index (χ1n) is 5.77. The summed E-state index contributed by atoms with van der Waals surface area (Å²) in [5.74, 6) is -0.252. The summed E-state index contributed by atoms with van der Waals surface area (Å²) in [4.78, 5) is 19.9. The third kappa shape index (κ3) is 3.28. The molecule has 0 unspecified atom stereocenters. The molecule has 7 nitrogen and oxygen atoms in total. The van der Waals surface area contributed by atoms with E-state index in [9.17, 15) is 9.18 Å². The Labute approximate surface area is 126 Å². The zero-order chi connectivity index (χ0) is 14.8. The molecule has 0 saturated heterocycles. The number of halogens is 1. The smallest absolute Gasteiger partial charge is 0.236 e. The van der Waals surface area contributed by atoms with Gasteiger partial charge in [0.2, 0.25) is 17.0 Å². The van der Waals surface area contributed by atoms with E-state index in [4.69, 9.17) is 5.73 Å². The van der Waals surface area contributed by atoms with Crippen molar-refractivity contribution < 1.29 is 9.18 Å². The van der Waals surface area contributed by atoms with Gasteiger partial charge in [-0.3, -0.25) is 4.79 Å². The van der Waals surface area contributed by atoms with Crippen LogP contribution in [0.4, 0.5) is 15.5 Å². The normalized spacial score (nSPS) is 10.9. The Bertz CT molecular complexity index is 801. The molecule has 0 aliphatic carbocycles. The Morgan fingerprint density at radius 3 is 3.10 bits per heavy atom. The molecule has 108 valence electrons. The minimum absolute atomic E-state index is 0.127. The largest absolute Gasteiger partial charge is 0.368 e. The van der Waals surface area contributed by atoms with Crippen molar-refractivity contribution >= 4 is 50.3 Å². The molecule has 21 heavy (non-hydrogen) atoms. The van der Waals surface area contributed by atoms with Gasteiger partial charge >= 0.3 is 0 Å². The third-order valence-corrected chi connectivity index (χ3v) is 4.19. The van der Waals surface area contributed by atoms with E-state index in [0.717, 1.165) is 11.8 Å². The van der Waals surface area contributed by atoms with Crippen LogP contribution in [0.5, 0.6) is 0 Å². The second-order valence-electron chi connectivity index (χ2n) is 3.97. The van der Waals surface area contributed by atoms with Gasteiger partial charge in [0.15, 0.2) is 5.13 Å². The Morgan fingerprint density at radius 1 is 1.48 bits per heavy atom.